The first-order valence-corrected chi connectivity index (χ1v) is 6.27. The van der Waals surface area contributed by atoms with Crippen LogP contribution in [0.2, 0.25) is 0 Å². The Morgan fingerprint density at radius 2 is 1.63 bits per heavy atom. The molecule has 19 heavy (non-hydrogen) atoms. The fourth-order valence-corrected chi connectivity index (χ4v) is 1.99. The third-order valence-corrected chi connectivity index (χ3v) is 3.15. The highest BCUT2D eigenvalue weighted by atomic mass is 19.1. The molecule has 1 N–H and O–H groups in total. The van der Waals surface area contributed by atoms with Gasteiger partial charge >= 0.3 is 0 Å². The lowest BCUT2D eigenvalue weighted by molar-refractivity contribution is 0.560. The van der Waals surface area contributed by atoms with E-state index in [-0.39, 0.29) is 0 Å². The van der Waals surface area contributed by atoms with Crippen molar-refractivity contribution in [3.63, 3.8) is 0 Å². The normalized spacial score (nSPS) is 10.7. The number of hydrogen-bond donors (Lipinski definition) is 1. The molecule has 3 heteroatoms. The summed E-state index contributed by atoms with van der Waals surface area (Å²) in [5.41, 5.74) is 4.09. The highest BCUT2D eigenvalue weighted by Gasteiger charge is 2.04. The number of aryl methyl sites for hydroxylation is 2. The molecule has 0 atom stereocenters. The first-order chi connectivity index (χ1) is 9.06. The standard InChI is InChI=1S/C16H17F2N/c1-11-3-4-12(2)14(7-11)10-19-9-13-5-6-15(17)8-16(13)18/h3-8,19H,9-10H2,1-2H3. The van der Waals surface area contributed by atoms with Gasteiger partial charge < -0.3 is 5.32 Å². The minimum absolute atomic E-state index is 0.388. The third kappa shape index (κ3) is 3.61. The Morgan fingerprint density at radius 3 is 2.37 bits per heavy atom. The van der Waals surface area contributed by atoms with Crippen molar-refractivity contribution in [2.24, 2.45) is 0 Å². The second-order valence-electron chi connectivity index (χ2n) is 4.77. The highest BCUT2D eigenvalue weighted by Crippen LogP contribution is 2.12. The van der Waals surface area contributed by atoms with Gasteiger partial charge in [0.05, 0.1) is 0 Å². The molecule has 0 aromatic heterocycles. The smallest absolute Gasteiger partial charge is 0.130 e. The van der Waals surface area contributed by atoms with E-state index in [1.54, 1.807) is 0 Å². The molecule has 0 unspecified atom stereocenters. The van der Waals surface area contributed by atoms with Gasteiger partial charge in [-0.1, -0.05) is 29.8 Å². The van der Waals surface area contributed by atoms with Crippen LogP contribution in [0.25, 0.3) is 0 Å². The van der Waals surface area contributed by atoms with E-state index >= 15 is 0 Å². The molecule has 0 aliphatic carbocycles. The maximum absolute atomic E-state index is 13.4. The van der Waals surface area contributed by atoms with E-state index < -0.39 is 11.6 Å². The van der Waals surface area contributed by atoms with Crippen molar-refractivity contribution < 1.29 is 8.78 Å². The summed E-state index contributed by atoms with van der Waals surface area (Å²) in [5.74, 6) is -1.05. The van der Waals surface area contributed by atoms with Gasteiger partial charge in [-0.3, -0.25) is 0 Å². The maximum Gasteiger partial charge on any atom is 0.130 e. The lowest BCUT2D eigenvalue weighted by Gasteiger charge is -2.09. The SMILES string of the molecule is Cc1ccc(C)c(CNCc2ccc(F)cc2F)c1. The first kappa shape index (κ1) is 13.7. The molecule has 0 radical (unpaired) electrons. The Hall–Kier alpha value is -1.74. The number of rotatable bonds is 4. The molecule has 0 fully saturated rings. The van der Waals surface area contributed by atoms with Crippen LogP contribution in [0, 0.1) is 25.5 Å². The van der Waals surface area contributed by atoms with Crippen LogP contribution in [-0.4, -0.2) is 0 Å². The highest BCUT2D eigenvalue weighted by molar-refractivity contribution is 5.30. The summed E-state index contributed by atoms with van der Waals surface area (Å²) in [7, 11) is 0. The van der Waals surface area contributed by atoms with Crippen molar-refractivity contribution in [2.45, 2.75) is 26.9 Å². The molecule has 0 bridgehead atoms. The minimum Gasteiger partial charge on any atom is -0.309 e. The van der Waals surface area contributed by atoms with E-state index in [2.05, 4.69) is 30.4 Å². The molecule has 0 spiro atoms. The topological polar surface area (TPSA) is 12.0 Å². The zero-order chi connectivity index (χ0) is 13.8. The molecule has 100 valence electrons. The zero-order valence-corrected chi connectivity index (χ0v) is 11.1. The van der Waals surface area contributed by atoms with Crippen LogP contribution in [0.15, 0.2) is 36.4 Å². The lowest BCUT2D eigenvalue weighted by Crippen LogP contribution is -2.14. The zero-order valence-electron chi connectivity index (χ0n) is 11.1. The molecular formula is C16H17F2N. The number of benzene rings is 2. The summed E-state index contributed by atoms with van der Waals surface area (Å²) in [4.78, 5) is 0. The van der Waals surface area contributed by atoms with Crippen LogP contribution < -0.4 is 5.32 Å². The van der Waals surface area contributed by atoms with E-state index in [4.69, 9.17) is 0 Å². The van der Waals surface area contributed by atoms with Gasteiger partial charge in [-0.2, -0.15) is 0 Å². The molecule has 2 rings (SSSR count). The van der Waals surface area contributed by atoms with Crippen LogP contribution in [0.4, 0.5) is 8.78 Å². The Kier molecular flexibility index (Phi) is 4.27. The Balaban J connectivity index is 1.98. The van der Waals surface area contributed by atoms with Gasteiger partial charge in [0.25, 0.3) is 0 Å². The van der Waals surface area contributed by atoms with E-state index in [1.807, 2.05) is 6.92 Å². The second-order valence-corrected chi connectivity index (χ2v) is 4.77. The quantitative estimate of drug-likeness (QED) is 0.881. The average molecular weight is 261 g/mol. The number of halogens is 2. The van der Waals surface area contributed by atoms with Crippen molar-refractivity contribution in [1.29, 1.82) is 0 Å². The number of hydrogen-bond acceptors (Lipinski definition) is 1. The van der Waals surface area contributed by atoms with Crippen LogP contribution >= 0.6 is 0 Å². The van der Waals surface area contributed by atoms with Crippen LogP contribution in [0.5, 0.6) is 0 Å². The Labute approximate surface area is 112 Å². The third-order valence-electron chi connectivity index (χ3n) is 3.15. The maximum atomic E-state index is 13.4. The summed E-state index contributed by atoms with van der Waals surface area (Å²) in [6.07, 6.45) is 0. The van der Waals surface area contributed by atoms with Gasteiger partial charge in [0.2, 0.25) is 0 Å². The summed E-state index contributed by atoms with van der Waals surface area (Å²) in [6, 6.07) is 9.92. The molecule has 0 aliphatic rings. The van der Waals surface area contributed by atoms with E-state index in [1.165, 1.54) is 28.8 Å². The van der Waals surface area contributed by atoms with Crippen LogP contribution in [-0.2, 0) is 13.1 Å². The first-order valence-electron chi connectivity index (χ1n) is 6.27. The predicted molar refractivity (Wildman–Crippen MR) is 72.8 cm³/mol. The number of nitrogens with one attached hydrogen (secondary N) is 1. The van der Waals surface area contributed by atoms with Crippen LogP contribution in [0.1, 0.15) is 22.3 Å². The predicted octanol–water partition coefficient (Wildman–Crippen LogP) is 3.87. The molecular weight excluding hydrogens is 244 g/mol. The molecule has 0 heterocycles. The monoisotopic (exact) mass is 261 g/mol. The second kappa shape index (κ2) is 5.93. The average Bonchev–Trinajstić information content (AvgIpc) is 2.36. The van der Waals surface area contributed by atoms with Crippen molar-refractivity contribution in [1.82, 2.24) is 5.32 Å². The van der Waals surface area contributed by atoms with E-state index in [9.17, 15) is 8.78 Å². The van der Waals surface area contributed by atoms with Gasteiger partial charge in [0.1, 0.15) is 11.6 Å². The molecule has 1 nitrogen and oxygen atoms in total. The fraction of sp³-hybridized carbons (Fsp3) is 0.250. The summed E-state index contributed by atoms with van der Waals surface area (Å²) in [5, 5.41) is 3.18. The summed E-state index contributed by atoms with van der Waals surface area (Å²) in [6.45, 7) is 5.15. The van der Waals surface area contributed by atoms with Gasteiger partial charge in [-0.15, -0.1) is 0 Å². The van der Waals surface area contributed by atoms with Crippen molar-refractivity contribution in [3.05, 3.63) is 70.3 Å². The minimum atomic E-state index is -0.546. The Morgan fingerprint density at radius 1 is 0.895 bits per heavy atom. The molecule has 0 saturated carbocycles. The van der Waals surface area contributed by atoms with Gasteiger partial charge in [-0.05, 0) is 31.0 Å². The summed E-state index contributed by atoms with van der Waals surface area (Å²) >= 11 is 0. The van der Waals surface area contributed by atoms with Crippen LogP contribution in [0.3, 0.4) is 0 Å². The van der Waals surface area contributed by atoms with E-state index in [0.29, 0.717) is 18.7 Å². The van der Waals surface area contributed by atoms with E-state index in [0.717, 1.165) is 6.07 Å². The molecule has 0 saturated heterocycles. The van der Waals surface area contributed by atoms with Gasteiger partial charge in [0.15, 0.2) is 0 Å². The largest absolute Gasteiger partial charge is 0.309 e. The van der Waals surface area contributed by atoms with Crippen molar-refractivity contribution in [2.75, 3.05) is 0 Å². The molecule has 2 aromatic carbocycles. The van der Waals surface area contributed by atoms with Gasteiger partial charge in [0, 0.05) is 24.7 Å². The molecule has 0 amide bonds. The van der Waals surface area contributed by atoms with Gasteiger partial charge in [-0.25, -0.2) is 8.78 Å². The Bertz CT molecular complexity index is 579. The molecule has 2 aromatic rings. The summed E-state index contributed by atoms with van der Waals surface area (Å²) < 4.78 is 26.2. The fourth-order valence-electron chi connectivity index (χ4n) is 1.99. The lowest BCUT2D eigenvalue weighted by atomic mass is 10.1. The molecule has 0 aliphatic heterocycles. The van der Waals surface area contributed by atoms with Crippen molar-refractivity contribution in [3.8, 4) is 0 Å². The van der Waals surface area contributed by atoms with Crippen molar-refractivity contribution >= 4 is 0 Å².